The summed E-state index contributed by atoms with van der Waals surface area (Å²) in [5, 5.41) is 0. The summed E-state index contributed by atoms with van der Waals surface area (Å²) in [5.74, 6) is 0.843. The Morgan fingerprint density at radius 2 is 1.73 bits per heavy atom. The van der Waals surface area contributed by atoms with Gasteiger partial charge in [0.1, 0.15) is 12.4 Å². The predicted octanol–water partition coefficient (Wildman–Crippen LogP) is 3.80. The maximum atomic E-state index is 13.1. The second kappa shape index (κ2) is 7.92. The van der Waals surface area contributed by atoms with Crippen molar-refractivity contribution in [3.05, 3.63) is 83.0 Å². The highest BCUT2D eigenvalue weighted by Gasteiger charge is 2.29. The van der Waals surface area contributed by atoms with E-state index in [-0.39, 0.29) is 12.0 Å². The molecule has 2 amide bonds. The Hall–Kier alpha value is -3.87. The first-order valence-electron chi connectivity index (χ1n) is 11.3. The number of amides is 2. The molecule has 166 valence electrons. The van der Waals surface area contributed by atoms with Gasteiger partial charge >= 0.3 is 6.09 Å². The van der Waals surface area contributed by atoms with Crippen LogP contribution in [0.5, 0.6) is 0 Å². The third-order valence-corrected chi connectivity index (χ3v) is 6.74. The standard InChI is InChI=1S/C26H24N4O3/c31-25(29-13-10-18-4-1-2-6-22(18)29)19-8-9-24(27-16-19)28-12-11-21-20(17-28)5-3-7-23(21)30-14-15-33-26(30)32/h1-9,16H,10-15,17H2. The number of cyclic esters (lactones) is 1. The van der Waals surface area contributed by atoms with Gasteiger partial charge in [0.2, 0.25) is 0 Å². The number of aromatic nitrogens is 1. The molecule has 2 aromatic carbocycles. The number of hydrogen-bond acceptors (Lipinski definition) is 5. The first kappa shape index (κ1) is 19.8. The first-order valence-corrected chi connectivity index (χ1v) is 11.3. The summed E-state index contributed by atoms with van der Waals surface area (Å²) in [4.78, 5) is 35.5. The Morgan fingerprint density at radius 1 is 0.879 bits per heavy atom. The summed E-state index contributed by atoms with van der Waals surface area (Å²) in [6, 6.07) is 18.0. The average Bonchev–Trinajstić information content (AvgIpc) is 3.49. The number of pyridine rings is 1. The molecule has 0 unspecified atom stereocenters. The lowest BCUT2D eigenvalue weighted by atomic mass is 9.97. The number of nitrogens with zero attached hydrogens (tertiary/aromatic N) is 4. The molecule has 0 saturated carbocycles. The number of ether oxygens (including phenoxy) is 1. The lowest BCUT2D eigenvalue weighted by Gasteiger charge is -2.32. The molecule has 3 aromatic rings. The van der Waals surface area contributed by atoms with Crippen LogP contribution in [0.1, 0.15) is 27.0 Å². The molecule has 0 bridgehead atoms. The molecule has 1 aromatic heterocycles. The Morgan fingerprint density at radius 3 is 2.55 bits per heavy atom. The van der Waals surface area contributed by atoms with Crippen LogP contribution in [0.3, 0.4) is 0 Å². The van der Waals surface area contributed by atoms with E-state index in [0.717, 1.165) is 36.6 Å². The van der Waals surface area contributed by atoms with E-state index < -0.39 is 0 Å². The third kappa shape index (κ3) is 3.40. The van der Waals surface area contributed by atoms with Crippen LogP contribution < -0.4 is 14.7 Å². The SMILES string of the molecule is O=C(c1ccc(N2CCc3c(cccc3N3CCOC3=O)C2)nc1)N1CCc2ccccc21. The molecule has 33 heavy (non-hydrogen) atoms. The van der Waals surface area contributed by atoms with Gasteiger partial charge in [0.05, 0.1) is 17.8 Å². The van der Waals surface area contributed by atoms with E-state index in [9.17, 15) is 9.59 Å². The van der Waals surface area contributed by atoms with Gasteiger partial charge in [-0.25, -0.2) is 9.78 Å². The van der Waals surface area contributed by atoms with Crippen LogP contribution in [-0.2, 0) is 24.1 Å². The molecular weight excluding hydrogens is 416 g/mol. The molecule has 7 nitrogen and oxygen atoms in total. The van der Waals surface area contributed by atoms with Gasteiger partial charge in [-0.1, -0.05) is 30.3 Å². The van der Waals surface area contributed by atoms with Crippen LogP contribution in [0.15, 0.2) is 60.8 Å². The number of para-hydroxylation sites is 1. The molecule has 0 atom stereocenters. The van der Waals surface area contributed by atoms with Crippen molar-refractivity contribution in [2.75, 3.05) is 40.9 Å². The summed E-state index contributed by atoms with van der Waals surface area (Å²) in [6.07, 6.45) is 3.12. The van der Waals surface area contributed by atoms with Gasteiger partial charge in [-0.15, -0.1) is 0 Å². The van der Waals surface area contributed by atoms with E-state index in [0.29, 0.717) is 31.8 Å². The first-order chi connectivity index (χ1) is 16.2. The lowest BCUT2D eigenvalue weighted by Crippen LogP contribution is -2.33. The van der Waals surface area contributed by atoms with Gasteiger partial charge in [0.25, 0.3) is 5.91 Å². The number of benzene rings is 2. The monoisotopic (exact) mass is 440 g/mol. The Labute approximate surface area is 192 Å². The van der Waals surface area contributed by atoms with Crippen molar-refractivity contribution in [3.63, 3.8) is 0 Å². The van der Waals surface area contributed by atoms with E-state index >= 15 is 0 Å². The lowest BCUT2D eigenvalue weighted by molar-refractivity contribution is 0.0989. The van der Waals surface area contributed by atoms with Crippen molar-refractivity contribution in [3.8, 4) is 0 Å². The third-order valence-electron chi connectivity index (χ3n) is 6.74. The van der Waals surface area contributed by atoms with E-state index in [1.165, 1.54) is 16.7 Å². The summed E-state index contributed by atoms with van der Waals surface area (Å²) < 4.78 is 5.12. The Kier molecular flexibility index (Phi) is 4.75. The van der Waals surface area contributed by atoms with Crippen LogP contribution in [0.2, 0.25) is 0 Å². The second-order valence-corrected chi connectivity index (χ2v) is 8.59. The average molecular weight is 441 g/mol. The van der Waals surface area contributed by atoms with E-state index in [1.54, 1.807) is 11.1 Å². The van der Waals surface area contributed by atoms with Crippen molar-refractivity contribution in [2.45, 2.75) is 19.4 Å². The molecule has 1 saturated heterocycles. The minimum absolute atomic E-state index is 0.00914. The van der Waals surface area contributed by atoms with Crippen LogP contribution in [-0.4, -0.2) is 43.2 Å². The molecule has 0 spiro atoms. The molecule has 6 rings (SSSR count). The Balaban J connectivity index is 1.20. The fourth-order valence-corrected chi connectivity index (χ4v) is 5.05. The number of anilines is 3. The Bertz CT molecular complexity index is 1240. The smallest absolute Gasteiger partial charge is 0.414 e. The van der Waals surface area contributed by atoms with Gasteiger partial charge in [0.15, 0.2) is 0 Å². The van der Waals surface area contributed by atoms with Gasteiger partial charge in [-0.3, -0.25) is 9.69 Å². The minimum atomic E-state index is -0.270. The summed E-state index contributed by atoms with van der Waals surface area (Å²) in [7, 11) is 0. The molecule has 3 aliphatic heterocycles. The highest BCUT2D eigenvalue weighted by molar-refractivity contribution is 6.07. The van der Waals surface area contributed by atoms with Crippen molar-refractivity contribution < 1.29 is 14.3 Å². The zero-order valence-corrected chi connectivity index (χ0v) is 18.2. The molecule has 1 fully saturated rings. The van der Waals surface area contributed by atoms with Crippen LogP contribution in [0.25, 0.3) is 0 Å². The summed E-state index contributed by atoms with van der Waals surface area (Å²) in [6.45, 7) is 3.25. The van der Waals surface area contributed by atoms with Crippen molar-refractivity contribution in [1.82, 2.24) is 4.98 Å². The molecule has 0 N–H and O–H groups in total. The maximum absolute atomic E-state index is 13.1. The highest BCUT2D eigenvalue weighted by atomic mass is 16.6. The van der Waals surface area contributed by atoms with Gasteiger partial charge in [-0.2, -0.15) is 0 Å². The molecular formula is C26H24N4O3. The molecule has 3 aliphatic rings. The minimum Gasteiger partial charge on any atom is -0.447 e. The summed E-state index contributed by atoms with van der Waals surface area (Å²) in [5.41, 5.74) is 6.15. The van der Waals surface area contributed by atoms with Gasteiger partial charge in [0, 0.05) is 31.5 Å². The number of carbonyl (C=O) groups is 2. The van der Waals surface area contributed by atoms with E-state index in [1.807, 2.05) is 47.4 Å². The van der Waals surface area contributed by atoms with Crippen molar-refractivity contribution >= 4 is 29.2 Å². The quantitative estimate of drug-likeness (QED) is 0.620. The number of rotatable bonds is 3. The fraction of sp³-hybridized carbons (Fsp3) is 0.269. The fourth-order valence-electron chi connectivity index (χ4n) is 5.05. The molecule has 0 aliphatic carbocycles. The number of carbonyl (C=O) groups excluding carboxylic acids is 2. The zero-order chi connectivity index (χ0) is 22.4. The summed E-state index contributed by atoms with van der Waals surface area (Å²) >= 11 is 0. The second-order valence-electron chi connectivity index (χ2n) is 8.59. The molecule has 4 heterocycles. The van der Waals surface area contributed by atoms with E-state index in [2.05, 4.69) is 22.0 Å². The number of fused-ring (bicyclic) bond motifs is 2. The largest absolute Gasteiger partial charge is 0.447 e. The van der Waals surface area contributed by atoms with Gasteiger partial charge in [-0.05, 0) is 53.8 Å². The maximum Gasteiger partial charge on any atom is 0.414 e. The molecule has 0 radical (unpaired) electrons. The van der Waals surface area contributed by atoms with E-state index in [4.69, 9.17) is 4.74 Å². The predicted molar refractivity (Wildman–Crippen MR) is 126 cm³/mol. The number of hydrogen-bond donors (Lipinski definition) is 0. The van der Waals surface area contributed by atoms with Crippen molar-refractivity contribution in [1.29, 1.82) is 0 Å². The van der Waals surface area contributed by atoms with Crippen LogP contribution in [0, 0.1) is 0 Å². The van der Waals surface area contributed by atoms with Crippen molar-refractivity contribution in [2.24, 2.45) is 0 Å². The highest BCUT2D eigenvalue weighted by Crippen LogP contribution is 2.33. The normalized spacial score (nSPS) is 17.1. The van der Waals surface area contributed by atoms with Crippen LogP contribution in [0.4, 0.5) is 22.0 Å². The zero-order valence-electron chi connectivity index (χ0n) is 18.2. The van der Waals surface area contributed by atoms with Crippen LogP contribution >= 0.6 is 0 Å². The topological polar surface area (TPSA) is 66.0 Å². The van der Waals surface area contributed by atoms with Gasteiger partial charge < -0.3 is 14.5 Å². The molecule has 7 heteroatoms.